The Kier molecular flexibility index (Phi) is 3.65. The van der Waals surface area contributed by atoms with E-state index in [1.54, 1.807) is 11.8 Å². The molecule has 6 heteroatoms. The fraction of sp³-hybridized carbons (Fsp3) is 0.278. The van der Waals surface area contributed by atoms with E-state index < -0.39 is 0 Å². The van der Waals surface area contributed by atoms with Crippen LogP contribution in [0.3, 0.4) is 0 Å². The molecular weight excluding hydrogens is 310 g/mol. The molecule has 124 valence electrons. The number of hydrogen-bond donors (Lipinski definition) is 0. The van der Waals surface area contributed by atoms with Gasteiger partial charge in [-0.2, -0.15) is 0 Å². The number of rotatable bonds is 4. The van der Waals surface area contributed by atoms with Gasteiger partial charge in [-0.3, -0.25) is 4.79 Å². The van der Waals surface area contributed by atoms with Crippen LogP contribution in [0.2, 0.25) is 0 Å². The Morgan fingerprint density at radius 3 is 1.75 bits per heavy atom. The van der Waals surface area contributed by atoms with Crippen molar-refractivity contribution in [1.82, 2.24) is 4.90 Å². The molecule has 0 aromatic heterocycles. The van der Waals surface area contributed by atoms with Gasteiger partial charge in [-0.1, -0.05) is 12.1 Å². The van der Waals surface area contributed by atoms with Crippen LogP contribution in [0.15, 0.2) is 36.4 Å². The molecule has 0 bridgehead atoms. The molecule has 0 N–H and O–H groups in total. The molecule has 2 aromatic carbocycles. The van der Waals surface area contributed by atoms with Gasteiger partial charge in [0.2, 0.25) is 19.5 Å². The number of benzene rings is 2. The lowest BCUT2D eigenvalue weighted by molar-refractivity contribution is -0.130. The van der Waals surface area contributed by atoms with Crippen molar-refractivity contribution in [1.29, 1.82) is 0 Å². The van der Waals surface area contributed by atoms with Crippen molar-refractivity contribution < 1.29 is 23.7 Å². The molecule has 0 fully saturated rings. The first-order valence-electron chi connectivity index (χ1n) is 7.71. The van der Waals surface area contributed by atoms with Gasteiger partial charge in [0.25, 0.3) is 0 Å². The van der Waals surface area contributed by atoms with E-state index in [0.717, 1.165) is 34.1 Å². The van der Waals surface area contributed by atoms with Crippen molar-refractivity contribution in [3.63, 3.8) is 0 Å². The lowest BCUT2D eigenvalue weighted by atomic mass is 10.1. The second-order valence-electron chi connectivity index (χ2n) is 5.75. The Labute approximate surface area is 139 Å². The summed E-state index contributed by atoms with van der Waals surface area (Å²) in [4.78, 5) is 13.8. The third-order valence-corrected chi connectivity index (χ3v) is 4.07. The van der Waals surface area contributed by atoms with Crippen molar-refractivity contribution >= 4 is 5.91 Å². The average molecular weight is 327 g/mol. The predicted octanol–water partition coefficient (Wildman–Crippen LogP) is 2.69. The maximum atomic E-state index is 12.0. The van der Waals surface area contributed by atoms with Gasteiger partial charge < -0.3 is 23.8 Å². The fourth-order valence-corrected chi connectivity index (χ4v) is 2.80. The Bertz CT molecular complexity index is 729. The molecule has 0 unspecified atom stereocenters. The molecule has 1 amide bonds. The Morgan fingerprint density at radius 1 is 0.833 bits per heavy atom. The summed E-state index contributed by atoms with van der Waals surface area (Å²) in [5.74, 6) is 2.93. The van der Waals surface area contributed by atoms with Crippen LogP contribution in [0.25, 0.3) is 0 Å². The third kappa shape index (κ3) is 2.82. The van der Waals surface area contributed by atoms with Crippen LogP contribution in [0.1, 0.15) is 18.1 Å². The van der Waals surface area contributed by atoms with E-state index in [-0.39, 0.29) is 19.5 Å². The number of carbonyl (C=O) groups is 1. The molecule has 0 spiro atoms. The number of fused-ring (bicyclic) bond motifs is 2. The smallest absolute Gasteiger partial charge is 0.231 e. The van der Waals surface area contributed by atoms with Gasteiger partial charge in [-0.25, -0.2) is 0 Å². The molecule has 0 saturated carbocycles. The maximum Gasteiger partial charge on any atom is 0.231 e. The monoisotopic (exact) mass is 327 g/mol. The topological polar surface area (TPSA) is 57.2 Å². The third-order valence-electron chi connectivity index (χ3n) is 4.07. The van der Waals surface area contributed by atoms with Crippen LogP contribution in [0, 0.1) is 0 Å². The number of ether oxygens (including phenoxy) is 4. The van der Waals surface area contributed by atoms with Crippen molar-refractivity contribution in [3.05, 3.63) is 47.5 Å². The predicted molar refractivity (Wildman–Crippen MR) is 85.1 cm³/mol. The Morgan fingerprint density at radius 2 is 1.29 bits per heavy atom. The molecule has 2 aliphatic rings. The summed E-state index contributed by atoms with van der Waals surface area (Å²) in [7, 11) is 0. The molecule has 4 rings (SSSR count). The van der Waals surface area contributed by atoms with Gasteiger partial charge in [0.1, 0.15) is 0 Å². The Balaban J connectivity index is 1.51. The standard InChI is InChI=1S/C18H17NO5/c1-12(20)19(8-13-2-4-15-17(6-13)23-10-21-15)9-14-3-5-16-18(7-14)24-11-22-16/h2-7H,8-11H2,1H3. The van der Waals surface area contributed by atoms with Crippen LogP contribution in [0.4, 0.5) is 0 Å². The highest BCUT2D eigenvalue weighted by Crippen LogP contribution is 2.34. The van der Waals surface area contributed by atoms with Crippen LogP contribution in [-0.4, -0.2) is 24.4 Å². The molecule has 2 aromatic rings. The van der Waals surface area contributed by atoms with Gasteiger partial charge in [0, 0.05) is 20.0 Å². The normalized spacial score (nSPS) is 13.9. The fourth-order valence-electron chi connectivity index (χ4n) is 2.80. The average Bonchev–Trinajstić information content (AvgIpc) is 3.22. The van der Waals surface area contributed by atoms with Crippen LogP contribution in [0.5, 0.6) is 23.0 Å². The van der Waals surface area contributed by atoms with E-state index in [1.165, 1.54) is 0 Å². The molecular formula is C18H17NO5. The van der Waals surface area contributed by atoms with Crippen molar-refractivity contribution in [2.45, 2.75) is 20.0 Å². The second kappa shape index (κ2) is 5.96. The summed E-state index contributed by atoms with van der Waals surface area (Å²) >= 11 is 0. The minimum absolute atomic E-state index is 0.00494. The minimum Gasteiger partial charge on any atom is -0.454 e. The summed E-state index contributed by atoms with van der Waals surface area (Å²) < 4.78 is 21.4. The SMILES string of the molecule is CC(=O)N(Cc1ccc2c(c1)OCO2)Cc1ccc2c(c1)OCO2. The summed E-state index contributed by atoms with van der Waals surface area (Å²) in [6.07, 6.45) is 0. The van der Waals surface area contributed by atoms with Gasteiger partial charge >= 0.3 is 0 Å². The zero-order chi connectivity index (χ0) is 16.5. The summed E-state index contributed by atoms with van der Waals surface area (Å²) in [5, 5.41) is 0. The van der Waals surface area contributed by atoms with Gasteiger partial charge in [0.15, 0.2) is 23.0 Å². The lowest BCUT2D eigenvalue weighted by Crippen LogP contribution is -2.27. The van der Waals surface area contributed by atoms with E-state index >= 15 is 0 Å². The zero-order valence-electron chi connectivity index (χ0n) is 13.3. The maximum absolute atomic E-state index is 12.0. The van der Waals surface area contributed by atoms with E-state index in [1.807, 2.05) is 36.4 Å². The van der Waals surface area contributed by atoms with Crippen molar-refractivity contribution in [2.75, 3.05) is 13.6 Å². The van der Waals surface area contributed by atoms with Gasteiger partial charge in [0.05, 0.1) is 0 Å². The highest BCUT2D eigenvalue weighted by atomic mass is 16.7. The number of nitrogens with zero attached hydrogens (tertiary/aromatic N) is 1. The molecule has 0 aliphatic carbocycles. The molecule has 6 nitrogen and oxygen atoms in total. The highest BCUT2D eigenvalue weighted by molar-refractivity contribution is 5.73. The van der Waals surface area contributed by atoms with Crippen LogP contribution >= 0.6 is 0 Å². The second-order valence-corrected chi connectivity index (χ2v) is 5.75. The van der Waals surface area contributed by atoms with E-state index in [0.29, 0.717) is 13.1 Å². The lowest BCUT2D eigenvalue weighted by Gasteiger charge is -2.21. The first-order valence-corrected chi connectivity index (χ1v) is 7.71. The summed E-state index contributed by atoms with van der Waals surface area (Å²) in [6.45, 7) is 3.06. The van der Waals surface area contributed by atoms with Crippen molar-refractivity contribution in [2.24, 2.45) is 0 Å². The minimum atomic E-state index is 0.00494. The number of hydrogen-bond acceptors (Lipinski definition) is 5. The highest BCUT2D eigenvalue weighted by Gasteiger charge is 2.18. The van der Waals surface area contributed by atoms with E-state index in [9.17, 15) is 4.79 Å². The van der Waals surface area contributed by atoms with Crippen molar-refractivity contribution in [3.8, 4) is 23.0 Å². The van der Waals surface area contributed by atoms with E-state index in [4.69, 9.17) is 18.9 Å². The zero-order valence-corrected chi connectivity index (χ0v) is 13.3. The number of amides is 1. The quantitative estimate of drug-likeness (QED) is 0.864. The molecule has 2 aliphatic heterocycles. The van der Waals surface area contributed by atoms with Gasteiger partial charge in [-0.15, -0.1) is 0 Å². The molecule has 0 saturated heterocycles. The molecule has 24 heavy (non-hydrogen) atoms. The van der Waals surface area contributed by atoms with E-state index in [2.05, 4.69) is 0 Å². The van der Waals surface area contributed by atoms with Crippen LogP contribution in [-0.2, 0) is 17.9 Å². The van der Waals surface area contributed by atoms with Crippen LogP contribution < -0.4 is 18.9 Å². The molecule has 0 radical (unpaired) electrons. The molecule has 0 atom stereocenters. The molecule has 2 heterocycles. The Hall–Kier alpha value is -2.89. The number of carbonyl (C=O) groups excluding carboxylic acids is 1. The first kappa shape index (κ1) is 14.7. The van der Waals surface area contributed by atoms with Gasteiger partial charge in [-0.05, 0) is 35.4 Å². The first-order chi connectivity index (χ1) is 11.7. The largest absolute Gasteiger partial charge is 0.454 e. The summed E-state index contributed by atoms with van der Waals surface area (Å²) in [6, 6.07) is 11.5. The summed E-state index contributed by atoms with van der Waals surface area (Å²) in [5.41, 5.74) is 1.99.